The summed E-state index contributed by atoms with van der Waals surface area (Å²) in [6.07, 6.45) is 4.51. The summed E-state index contributed by atoms with van der Waals surface area (Å²) in [5.74, 6) is 1.94. The molecule has 2 N–H and O–H groups in total. The molecular formula is C24H31N5O3. The summed E-state index contributed by atoms with van der Waals surface area (Å²) in [6, 6.07) is 8.07. The highest BCUT2D eigenvalue weighted by Gasteiger charge is 2.37. The van der Waals surface area contributed by atoms with Gasteiger partial charge in [-0.05, 0) is 50.3 Å². The number of aromatic nitrogens is 2. The summed E-state index contributed by atoms with van der Waals surface area (Å²) in [7, 11) is 1.60. The summed E-state index contributed by atoms with van der Waals surface area (Å²) in [5, 5.41) is 10.8. The van der Waals surface area contributed by atoms with E-state index in [9.17, 15) is 9.59 Å². The van der Waals surface area contributed by atoms with Crippen LogP contribution in [-0.4, -0.2) is 54.8 Å². The Labute approximate surface area is 188 Å². The number of nitrogens with zero attached hydrogens (tertiary/aromatic N) is 3. The van der Waals surface area contributed by atoms with Crippen LogP contribution in [-0.2, 0) is 9.59 Å². The lowest BCUT2D eigenvalue weighted by molar-refractivity contribution is -0.127. The van der Waals surface area contributed by atoms with Gasteiger partial charge in [-0.3, -0.25) is 14.7 Å². The van der Waals surface area contributed by atoms with Crippen molar-refractivity contribution in [2.24, 2.45) is 5.92 Å². The van der Waals surface area contributed by atoms with Gasteiger partial charge in [-0.1, -0.05) is 6.07 Å². The molecule has 1 saturated carbocycles. The molecule has 3 aliphatic rings. The summed E-state index contributed by atoms with van der Waals surface area (Å²) in [5.41, 5.74) is 3.04. The molecule has 8 heteroatoms. The minimum Gasteiger partial charge on any atom is -0.495 e. The summed E-state index contributed by atoms with van der Waals surface area (Å²) in [6.45, 7) is 4.11. The first-order valence-electron chi connectivity index (χ1n) is 11.6. The Kier molecular flexibility index (Phi) is 5.53. The fraction of sp³-hybridized carbons (Fsp3) is 0.542. The number of rotatable bonds is 6. The van der Waals surface area contributed by atoms with Crippen LogP contribution >= 0.6 is 0 Å². The van der Waals surface area contributed by atoms with Gasteiger partial charge in [-0.2, -0.15) is 5.10 Å². The Morgan fingerprint density at radius 2 is 1.97 bits per heavy atom. The molecule has 32 heavy (non-hydrogen) atoms. The molecule has 0 bridgehead atoms. The molecule has 8 nitrogen and oxygen atoms in total. The van der Waals surface area contributed by atoms with E-state index in [0.717, 1.165) is 43.0 Å². The van der Waals surface area contributed by atoms with Crippen molar-refractivity contribution in [3.05, 3.63) is 35.5 Å². The van der Waals surface area contributed by atoms with Crippen LogP contribution in [0.5, 0.6) is 5.75 Å². The second-order valence-electron chi connectivity index (χ2n) is 9.31. The van der Waals surface area contributed by atoms with Gasteiger partial charge < -0.3 is 19.9 Å². The Morgan fingerprint density at radius 1 is 1.19 bits per heavy atom. The highest BCUT2D eigenvalue weighted by Crippen LogP contribution is 2.40. The van der Waals surface area contributed by atoms with Gasteiger partial charge in [0.25, 0.3) is 0 Å². The van der Waals surface area contributed by atoms with Crippen molar-refractivity contribution in [1.29, 1.82) is 0 Å². The van der Waals surface area contributed by atoms with Crippen molar-refractivity contribution in [2.45, 2.75) is 51.0 Å². The number of nitrogens with one attached hydrogen (secondary N) is 2. The number of amides is 2. The topological polar surface area (TPSA) is 90.6 Å². The van der Waals surface area contributed by atoms with E-state index in [2.05, 4.69) is 26.5 Å². The third-order valence-electron chi connectivity index (χ3n) is 6.89. The zero-order chi connectivity index (χ0) is 22.2. The van der Waals surface area contributed by atoms with Crippen molar-refractivity contribution in [3.63, 3.8) is 0 Å². The van der Waals surface area contributed by atoms with Gasteiger partial charge in [0.2, 0.25) is 11.8 Å². The van der Waals surface area contributed by atoms with Gasteiger partial charge in [-0.15, -0.1) is 0 Å². The van der Waals surface area contributed by atoms with Gasteiger partial charge in [0.15, 0.2) is 5.82 Å². The van der Waals surface area contributed by atoms with E-state index >= 15 is 0 Å². The van der Waals surface area contributed by atoms with E-state index in [1.54, 1.807) is 12.0 Å². The van der Waals surface area contributed by atoms with Crippen LogP contribution in [0.25, 0.3) is 0 Å². The highest BCUT2D eigenvalue weighted by molar-refractivity contribution is 6.01. The lowest BCUT2D eigenvalue weighted by Crippen LogP contribution is -2.46. The van der Waals surface area contributed by atoms with Gasteiger partial charge in [0, 0.05) is 49.8 Å². The van der Waals surface area contributed by atoms with Crippen molar-refractivity contribution < 1.29 is 14.3 Å². The quantitative estimate of drug-likeness (QED) is 0.725. The lowest BCUT2D eigenvalue weighted by Gasteiger charge is -2.32. The second-order valence-corrected chi connectivity index (χ2v) is 9.31. The SMILES string of the molecule is COc1ccc(C)cc1N1CC(C(=O)NC2CCN(c3cc(C4CC4)[nH]n3)CC2)CC1=O. The Bertz CT molecular complexity index is 1010. The molecule has 1 aromatic heterocycles. The van der Waals surface area contributed by atoms with E-state index < -0.39 is 0 Å². The summed E-state index contributed by atoms with van der Waals surface area (Å²) >= 11 is 0. The van der Waals surface area contributed by atoms with E-state index in [1.165, 1.54) is 18.5 Å². The zero-order valence-electron chi connectivity index (χ0n) is 18.8. The van der Waals surface area contributed by atoms with Crippen LogP contribution in [0.4, 0.5) is 11.5 Å². The number of hydrogen-bond acceptors (Lipinski definition) is 5. The number of methoxy groups -OCH3 is 1. The lowest BCUT2D eigenvalue weighted by atomic mass is 10.0. The average molecular weight is 438 g/mol. The third kappa shape index (κ3) is 4.18. The molecule has 0 radical (unpaired) electrons. The molecule has 1 aromatic carbocycles. The van der Waals surface area contributed by atoms with Gasteiger partial charge in [0.05, 0.1) is 18.7 Å². The number of aromatic amines is 1. The second kappa shape index (κ2) is 8.48. The standard InChI is InChI=1S/C24H31N5O3/c1-15-3-6-21(32-2)20(11-15)29-14-17(12-23(29)30)24(31)25-18-7-9-28(10-8-18)22-13-19(26-27-22)16-4-5-16/h3,6,11,13,16-18H,4-5,7-10,12,14H2,1-2H3,(H,25,31)(H,26,27). The number of ether oxygens (including phenoxy) is 1. The van der Waals surface area contributed by atoms with Crippen molar-refractivity contribution in [3.8, 4) is 5.75 Å². The number of H-pyrrole nitrogens is 1. The van der Waals surface area contributed by atoms with Gasteiger partial charge in [0.1, 0.15) is 5.75 Å². The number of aryl methyl sites for hydroxylation is 1. The zero-order valence-corrected chi connectivity index (χ0v) is 18.8. The van der Waals surface area contributed by atoms with Crippen LogP contribution < -0.4 is 19.9 Å². The van der Waals surface area contributed by atoms with E-state index in [-0.39, 0.29) is 30.2 Å². The molecule has 170 valence electrons. The number of benzene rings is 1. The van der Waals surface area contributed by atoms with Crippen molar-refractivity contribution in [1.82, 2.24) is 15.5 Å². The van der Waals surface area contributed by atoms with Crippen LogP contribution in [0.2, 0.25) is 0 Å². The molecule has 3 heterocycles. The van der Waals surface area contributed by atoms with Gasteiger partial charge >= 0.3 is 0 Å². The molecule has 3 fully saturated rings. The molecule has 1 unspecified atom stereocenters. The van der Waals surface area contributed by atoms with E-state index in [1.807, 2.05) is 25.1 Å². The van der Waals surface area contributed by atoms with Crippen molar-refractivity contribution >= 4 is 23.3 Å². The Hall–Kier alpha value is -3.03. The molecule has 5 rings (SSSR count). The maximum Gasteiger partial charge on any atom is 0.227 e. The fourth-order valence-corrected chi connectivity index (χ4v) is 4.79. The first kappa shape index (κ1) is 20.8. The highest BCUT2D eigenvalue weighted by atomic mass is 16.5. The summed E-state index contributed by atoms with van der Waals surface area (Å²) < 4.78 is 5.44. The number of carbonyl (C=O) groups is 2. The van der Waals surface area contributed by atoms with Gasteiger partial charge in [-0.25, -0.2) is 0 Å². The molecule has 0 spiro atoms. The van der Waals surface area contributed by atoms with Crippen LogP contribution in [0, 0.1) is 12.8 Å². The van der Waals surface area contributed by atoms with Crippen LogP contribution in [0.3, 0.4) is 0 Å². The first-order chi connectivity index (χ1) is 15.5. The molecular weight excluding hydrogens is 406 g/mol. The molecule has 1 aliphatic carbocycles. The van der Waals surface area contributed by atoms with Crippen LogP contribution in [0.15, 0.2) is 24.3 Å². The fourth-order valence-electron chi connectivity index (χ4n) is 4.79. The van der Waals surface area contributed by atoms with Crippen LogP contribution in [0.1, 0.15) is 49.3 Å². The number of anilines is 2. The molecule has 2 aliphatic heterocycles. The van der Waals surface area contributed by atoms with E-state index in [0.29, 0.717) is 18.2 Å². The molecule has 2 aromatic rings. The monoisotopic (exact) mass is 437 g/mol. The normalized spacial score (nSPS) is 21.8. The number of hydrogen-bond donors (Lipinski definition) is 2. The molecule has 1 atom stereocenters. The third-order valence-corrected chi connectivity index (χ3v) is 6.89. The average Bonchev–Trinajstić information content (AvgIpc) is 3.39. The minimum atomic E-state index is -0.335. The maximum atomic E-state index is 12.9. The smallest absolute Gasteiger partial charge is 0.227 e. The predicted octanol–water partition coefficient (Wildman–Crippen LogP) is 2.74. The number of carbonyl (C=O) groups excluding carboxylic acids is 2. The number of piperidine rings is 1. The molecule has 2 saturated heterocycles. The maximum absolute atomic E-state index is 12.9. The molecule has 2 amide bonds. The minimum absolute atomic E-state index is 0.0262. The first-order valence-corrected chi connectivity index (χ1v) is 11.6. The summed E-state index contributed by atoms with van der Waals surface area (Å²) in [4.78, 5) is 29.6. The Morgan fingerprint density at radius 3 is 2.69 bits per heavy atom. The van der Waals surface area contributed by atoms with Crippen molar-refractivity contribution in [2.75, 3.05) is 36.5 Å². The Balaban J connectivity index is 1.15. The largest absolute Gasteiger partial charge is 0.495 e. The predicted molar refractivity (Wildman–Crippen MR) is 122 cm³/mol. The van der Waals surface area contributed by atoms with E-state index in [4.69, 9.17) is 4.74 Å².